The molecule has 0 saturated carbocycles. The van der Waals surface area contributed by atoms with Crippen LogP contribution < -0.4 is 9.47 Å². The van der Waals surface area contributed by atoms with Crippen molar-refractivity contribution in [1.82, 2.24) is 19.9 Å². The molecule has 0 spiro atoms. The lowest BCUT2D eigenvalue weighted by molar-refractivity contribution is 0.235. The second kappa shape index (κ2) is 9.85. The van der Waals surface area contributed by atoms with Gasteiger partial charge in [0, 0.05) is 47.7 Å². The van der Waals surface area contributed by atoms with Gasteiger partial charge in [-0.1, -0.05) is 42.5 Å². The van der Waals surface area contributed by atoms with E-state index in [1.165, 1.54) is 0 Å². The lowest BCUT2D eigenvalue weighted by Gasteiger charge is -2.24. The van der Waals surface area contributed by atoms with E-state index in [4.69, 9.17) is 19.4 Å². The van der Waals surface area contributed by atoms with Gasteiger partial charge in [0.1, 0.15) is 0 Å². The van der Waals surface area contributed by atoms with Gasteiger partial charge in [0.2, 0.25) is 11.8 Å². The number of benzene rings is 2. The lowest BCUT2D eigenvalue weighted by atomic mass is 10.1. The summed E-state index contributed by atoms with van der Waals surface area (Å²) in [6.07, 6.45) is 1.82. The van der Waals surface area contributed by atoms with Crippen LogP contribution in [0.15, 0.2) is 85.1 Å². The average Bonchev–Trinajstić information content (AvgIpc) is 2.88. The fourth-order valence-electron chi connectivity index (χ4n) is 4.23. The Labute approximate surface area is 198 Å². The van der Waals surface area contributed by atoms with Gasteiger partial charge in [-0.15, -0.1) is 0 Å². The minimum Gasteiger partial charge on any atom is -0.481 e. The molecule has 0 aliphatic carbocycles. The van der Waals surface area contributed by atoms with Crippen LogP contribution in [-0.2, 0) is 19.6 Å². The maximum absolute atomic E-state index is 5.67. The second-order valence-corrected chi connectivity index (χ2v) is 8.17. The first-order valence-corrected chi connectivity index (χ1v) is 11.2. The zero-order chi connectivity index (χ0) is 23.3. The molecule has 0 unspecified atom stereocenters. The minimum atomic E-state index is 0.633. The zero-order valence-electron chi connectivity index (χ0n) is 19.3. The van der Waals surface area contributed by atoms with Crippen molar-refractivity contribution in [3.05, 3.63) is 102 Å². The summed E-state index contributed by atoms with van der Waals surface area (Å²) in [5.41, 5.74) is 4.86. The SMILES string of the molecule is COc1nc2ccccc2cc1CN(Cc1ccccn1)Cc1cc2ccccc2nc1OC. The number of aromatic nitrogens is 3. The Balaban J connectivity index is 1.53. The summed E-state index contributed by atoms with van der Waals surface area (Å²) in [6.45, 7) is 1.92. The summed E-state index contributed by atoms with van der Waals surface area (Å²) in [5, 5.41) is 2.17. The lowest BCUT2D eigenvalue weighted by Crippen LogP contribution is -2.24. The van der Waals surface area contributed by atoms with Crippen molar-refractivity contribution in [2.24, 2.45) is 0 Å². The molecule has 170 valence electrons. The zero-order valence-corrected chi connectivity index (χ0v) is 19.3. The van der Waals surface area contributed by atoms with Gasteiger partial charge in [-0.05, 0) is 36.4 Å². The summed E-state index contributed by atoms with van der Waals surface area (Å²) >= 11 is 0. The van der Waals surface area contributed by atoms with Crippen molar-refractivity contribution in [2.75, 3.05) is 14.2 Å². The largest absolute Gasteiger partial charge is 0.481 e. The van der Waals surface area contributed by atoms with Gasteiger partial charge in [-0.25, -0.2) is 9.97 Å². The van der Waals surface area contributed by atoms with Crippen molar-refractivity contribution in [1.29, 1.82) is 0 Å². The topological polar surface area (TPSA) is 60.4 Å². The molecule has 0 N–H and O–H groups in total. The number of hydrogen-bond donors (Lipinski definition) is 0. The van der Waals surface area contributed by atoms with Gasteiger partial charge >= 0.3 is 0 Å². The normalized spacial score (nSPS) is 11.3. The molecule has 0 amide bonds. The van der Waals surface area contributed by atoms with E-state index in [1.807, 2.05) is 60.8 Å². The quantitative estimate of drug-likeness (QED) is 0.316. The van der Waals surface area contributed by atoms with Crippen LogP contribution in [0.2, 0.25) is 0 Å². The van der Waals surface area contributed by atoms with Crippen LogP contribution in [0.25, 0.3) is 21.8 Å². The number of para-hydroxylation sites is 2. The molecule has 3 aromatic heterocycles. The molecule has 0 aliphatic heterocycles. The summed E-state index contributed by atoms with van der Waals surface area (Å²) in [6, 6.07) is 26.5. The highest BCUT2D eigenvalue weighted by Gasteiger charge is 2.17. The Morgan fingerprint density at radius 2 is 1.18 bits per heavy atom. The highest BCUT2D eigenvalue weighted by molar-refractivity contribution is 5.80. The average molecular weight is 451 g/mol. The molecule has 6 nitrogen and oxygen atoms in total. The van der Waals surface area contributed by atoms with E-state index >= 15 is 0 Å². The number of hydrogen-bond acceptors (Lipinski definition) is 6. The number of ether oxygens (including phenoxy) is 2. The van der Waals surface area contributed by atoms with E-state index in [-0.39, 0.29) is 0 Å². The van der Waals surface area contributed by atoms with E-state index in [0.717, 1.165) is 38.6 Å². The van der Waals surface area contributed by atoms with Gasteiger partial charge in [-0.3, -0.25) is 9.88 Å². The number of fused-ring (bicyclic) bond motifs is 2. The fraction of sp³-hybridized carbons (Fsp3) is 0.179. The summed E-state index contributed by atoms with van der Waals surface area (Å²) in [4.78, 5) is 16.3. The van der Waals surface area contributed by atoms with Crippen LogP contribution in [0.5, 0.6) is 11.8 Å². The predicted octanol–water partition coefficient (Wildman–Crippen LogP) is 5.40. The molecule has 5 rings (SSSR count). The van der Waals surface area contributed by atoms with Gasteiger partial charge < -0.3 is 9.47 Å². The summed E-state index contributed by atoms with van der Waals surface area (Å²) in [7, 11) is 3.33. The van der Waals surface area contributed by atoms with E-state index in [9.17, 15) is 0 Å². The van der Waals surface area contributed by atoms with Crippen molar-refractivity contribution < 1.29 is 9.47 Å². The fourth-order valence-corrected chi connectivity index (χ4v) is 4.23. The van der Waals surface area contributed by atoms with Crippen molar-refractivity contribution in [3.8, 4) is 11.8 Å². The number of methoxy groups -OCH3 is 2. The van der Waals surface area contributed by atoms with E-state index in [2.05, 4.69) is 34.1 Å². The molecule has 0 bridgehead atoms. The Hall–Kier alpha value is -4.03. The number of rotatable bonds is 8. The third-order valence-corrected chi connectivity index (χ3v) is 5.81. The summed E-state index contributed by atoms with van der Waals surface area (Å²) in [5.74, 6) is 1.27. The second-order valence-electron chi connectivity index (χ2n) is 8.17. The highest BCUT2D eigenvalue weighted by atomic mass is 16.5. The molecule has 6 heteroatoms. The monoisotopic (exact) mass is 450 g/mol. The minimum absolute atomic E-state index is 0.633. The van der Waals surface area contributed by atoms with Gasteiger partial charge in [0.05, 0.1) is 30.9 Å². The molecule has 0 aliphatic rings. The molecule has 2 aromatic carbocycles. The number of pyridine rings is 3. The third-order valence-electron chi connectivity index (χ3n) is 5.81. The Morgan fingerprint density at radius 3 is 1.68 bits per heavy atom. The van der Waals surface area contributed by atoms with Gasteiger partial charge in [0.15, 0.2) is 0 Å². The molecule has 34 heavy (non-hydrogen) atoms. The van der Waals surface area contributed by atoms with Gasteiger partial charge in [0.25, 0.3) is 0 Å². The van der Waals surface area contributed by atoms with E-state index in [1.54, 1.807) is 14.2 Å². The molecular weight excluding hydrogens is 424 g/mol. The third kappa shape index (κ3) is 4.67. The first kappa shape index (κ1) is 21.8. The molecule has 0 radical (unpaired) electrons. The van der Waals surface area contributed by atoms with Crippen molar-refractivity contribution in [2.45, 2.75) is 19.6 Å². The van der Waals surface area contributed by atoms with Crippen LogP contribution >= 0.6 is 0 Å². The maximum Gasteiger partial charge on any atom is 0.218 e. The van der Waals surface area contributed by atoms with Crippen LogP contribution in [-0.4, -0.2) is 34.1 Å². The van der Waals surface area contributed by atoms with E-state index < -0.39 is 0 Å². The molecule has 5 aromatic rings. The van der Waals surface area contributed by atoms with Crippen molar-refractivity contribution in [3.63, 3.8) is 0 Å². The van der Waals surface area contributed by atoms with Crippen LogP contribution in [0.4, 0.5) is 0 Å². The first-order chi connectivity index (χ1) is 16.7. The Morgan fingerprint density at radius 1 is 0.647 bits per heavy atom. The molecule has 0 atom stereocenters. The molecule has 0 fully saturated rings. The van der Waals surface area contributed by atoms with Crippen LogP contribution in [0, 0.1) is 0 Å². The smallest absolute Gasteiger partial charge is 0.218 e. The standard InChI is InChI=1S/C28H26N4O2/c1-33-27-22(15-20-9-3-5-12-25(20)30-27)17-32(19-24-11-7-8-14-29-24)18-23-16-21-10-4-6-13-26(21)31-28(23)34-2/h3-16H,17-19H2,1-2H3. The molecule has 0 saturated heterocycles. The Kier molecular flexibility index (Phi) is 6.31. The highest BCUT2D eigenvalue weighted by Crippen LogP contribution is 2.28. The van der Waals surface area contributed by atoms with Gasteiger partial charge in [-0.2, -0.15) is 0 Å². The predicted molar refractivity (Wildman–Crippen MR) is 134 cm³/mol. The van der Waals surface area contributed by atoms with Crippen LogP contribution in [0.1, 0.15) is 16.8 Å². The van der Waals surface area contributed by atoms with Crippen LogP contribution in [0.3, 0.4) is 0 Å². The summed E-state index contributed by atoms with van der Waals surface area (Å²) < 4.78 is 11.3. The molecule has 3 heterocycles. The number of nitrogens with zero attached hydrogens (tertiary/aromatic N) is 4. The first-order valence-electron chi connectivity index (χ1n) is 11.2. The Bertz CT molecular complexity index is 1330. The van der Waals surface area contributed by atoms with E-state index in [0.29, 0.717) is 31.4 Å². The molecular formula is C28H26N4O2. The maximum atomic E-state index is 5.67. The van der Waals surface area contributed by atoms with Crippen molar-refractivity contribution >= 4 is 21.8 Å².